The highest BCUT2D eigenvalue weighted by molar-refractivity contribution is 7.58. The first-order valence-electron chi connectivity index (χ1n) is 4.34. The lowest BCUT2D eigenvalue weighted by atomic mass is 10.3. The molecule has 0 atom stereocenters. The van der Waals surface area contributed by atoms with Crippen molar-refractivity contribution in [3.8, 4) is 0 Å². The molecular formula is C8H14N2O2S. The minimum absolute atomic E-state index is 0.208. The third-order valence-corrected chi connectivity index (χ3v) is 1.78. The molecule has 5 heteroatoms. The number of hydrogen-bond donors (Lipinski definition) is 0. The molecular weight excluding hydrogens is 188 g/mol. The van der Waals surface area contributed by atoms with Crippen molar-refractivity contribution in [2.75, 3.05) is 0 Å². The topological polar surface area (TPSA) is 58.9 Å². The second kappa shape index (κ2) is 7.79. The summed E-state index contributed by atoms with van der Waals surface area (Å²) in [7, 11) is 0. The summed E-state index contributed by atoms with van der Waals surface area (Å²) >= 11 is 0.700. The van der Waals surface area contributed by atoms with Gasteiger partial charge in [-0.05, 0) is 12.8 Å². The molecule has 13 heavy (non-hydrogen) atoms. The lowest BCUT2D eigenvalue weighted by Crippen LogP contribution is -1.91. The number of carbonyl (C=O) groups is 2. The van der Waals surface area contributed by atoms with Crippen molar-refractivity contribution in [1.29, 1.82) is 0 Å². The van der Waals surface area contributed by atoms with Gasteiger partial charge in [-0.3, -0.25) is 9.59 Å². The molecule has 74 valence electrons. The number of carbonyl (C=O) groups excluding carboxylic acids is 2. The quantitative estimate of drug-likeness (QED) is 0.700. The maximum absolute atomic E-state index is 10.8. The van der Waals surface area contributed by atoms with Crippen molar-refractivity contribution in [3.63, 3.8) is 0 Å². The Labute approximate surface area is 81.6 Å². The van der Waals surface area contributed by atoms with Crippen LogP contribution in [0.5, 0.6) is 0 Å². The van der Waals surface area contributed by atoms with E-state index in [9.17, 15) is 9.59 Å². The van der Waals surface area contributed by atoms with E-state index in [1.165, 1.54) is 0 Å². The molecule has 0 heterocycles. The van der Waals surface area contributed by atoms with Gasteiger partial charge in [0.05, 0.1) is 11.4 Å². The van der Waals surface area contributed by atoms with Crippen molar-refractivity contribution in [2.24, 2.45) is 8.73 Å². The molecule has 0 radical (unpaired) electrons. The summed E-state index contributed by atoms with van der Waals surface area (Å²) in [6.45, 7) is 3.80. The Bertz CT molecular complexity index is 223. The molecule has 0 fully saturated rings. The van der Waals surface area contributed by atoms with E-state index in [-0.39, 0.29) is 11.8 Å². The summed E-state index contributed by atoms with van der Waals surface area (Å²) in [5.41, 5.74) is 0. The maximum atomic E-state index is 10.8. The molecule has 0 aliphatic rings. The Hall–Kier alpha value is -0.840. The van der Waals surface area contributed by atoms with Gasteiger partial charge in [-0.1, -0.05) is 13.8 Å². The minimum Gasteiger partial charge on any atom is -0.272 e. The summed E-state index contributed by atoms with van der Waals surface area (Å²) in [6, 6.07) is 0. The van der Waals surface area contributed by atoms with E-state index < -0.39 is 0 Å². The Balaban J connectivity index is 3.94. The largest absolute Gasteiger partial charge is 0.272 e. The standard InChI is InChI=1S/C8H14N2O2S/c1-3-5-7(11)9-13-10-8(12)6-4-2/h3-6H2,1-2H3. The summed E-state index contributed by atoms with van der Waals surface area (Å²) < 4.78 is 7.05. The van der Waals surface area contributed by atoms with Crippen LogP contribution in [0, 0.1) is 0 Å². The van der Waals surface area contributed by atoms with E-state index >= 15 is 0 Å². The zero-order valence-corrected chi connectivity index (χ0v) is 8.76. The Kier molecular flexibility index (Phi) is 7.29. The van der Waals surface area contributed by atoms with Gasteiger partial charge in [0, 0.05) is 12.8 Å². The first-order valence-corrected chi connectivity index (χ1v) is 5.07. The summed E-state index contributed by atoms with van der Waals surface area (Å²) in [4.78, 5) is 21.6. The Morgan fingerprint density at radius 2 is 1.38 bits per heavy atom. The van der Waals surface area contributed by atoms with Crippen molar-refractivity contribution in [3.05, 3.63) is 0 Å². The molecule has 0 aromatic carbocycles. The van der Waals surface area contributed by atoms with E-state index in [0.29, 0.717) is 24.2 Å². The van der Waals surface area contributed by atoms with Crippen LogP contribution in [0.4, 0.5) is 0 Å². The monoisotopic (exact) mass is 202 g/mol. The van der Waals surface area contributed by atoms with Gasteiger partial charge in [-0.15, -0.1) is 8.73 Å². The van der Waals surface area contributed by atoms with Crippen LogP contribution in [0.25, 0.3) is 0 Å². The lowest BCUT2D eigenvalue weighted by Gasteiger charge is -1.84. The van der Waals surface area contributed by atoms with Gasteiger partial charge in [0.25, 0.3) is 11.8 Å². The zero-order chi connectivity index (χ0) is 10.1. The zero-order valence-electron chi connectivity index (χ0n) is 7.95. The summed E-state index contributed by atoms with van der Waals surface area (Å²) in [5, 5.41) is 0. The third kappa shape index (κ3) is 7.52. The normalized spacial score (nSPS) is 9.08. The minimum atomic E-state index is -0.208. The average Bonchev–Trinajstić information content (AvgIpc) is 2.05. The molecule has 0 saturated heterocycles. The second-order valence-corrected chi connectivity index (χ2v) is 3.08. The number of hydrogen-bond acceptors (Lipinski definition) is 2. The molecule has 0 aliphatic carbocycles. The molecule has 0 spiro atoms. The third-order valence-electron chi connectivity index (χ3n) is 1.21. The van der Waals surface area contributed by atoms with E-state index in [4.69, 9.17) is 0 Å². The lowest BCUT2D eigenvalue weighted by molar-refractivity contribution is -0.118. The molecule has 0 unspecified atom stereocenters. The first-order chi connectivity index (χ1) is 6.20. The predicted molar refractivity (Wildman–Crippen MR) is 52.1 cm³/mol. The van der Waals surface area contributed by atoms with Crippen LogP contribution in [-0.2, 0) is 20.9 Å². The maximum Gasteiger partial charge on any atom is 0.257 e. The van der Waals surface area contributed by atoms with Crippen molar-refractivity contribution < 1.29 is 9.59 Å². The van der Waals surface area contributed by atoms with E-state index in [1.54, 1.807) is 0 Å². The van der Waals surface area contributed by atoms with Crippen LogP contribution < -0.4 is 0 Å². The number of nitrogens with zero attached hydrogens (tertiary/aromatic N) is 2. The summed E-state index contributed by atoms with van der Waals surface area (Å²) in [6.07, 6.45) is 2.38. The molecule has 0 saturated carbocycles. The van der Waals surface area contributed by atoms with Gasteiger partial charge in [0.2, 0.25) is 0 Å². The molecule has 0 N–H and O–H groups in total. The van der Waals surface area contributed by atoms with Crippen LogP contribution in [0.2, 0.25) is 0 Å². The first kappa shape index (κ1) is 12.2. The van der Waals surface area contributed by atoms with Gasteiger partial charge >= 0.3 is 0 Å². The van der Waals surface area contributed by atoms with Gasteiger partial charge < -0.3 is 0 Å². The molecule has 0 aromatic rings. The van der Waals surface area contributed by atoms with Gasteiger partial charge in [0.1, 0.15) is 0 Å². The number of amides is 2. The van der Waals surface area contributed by atoms with Crippen molar-refractivity contribution >= 4 is 23.2 Å². The second-order valence-electron chi connectivity index (χ2n) is 2.55. The van der Waals surface area contributed by atoms with Gasteiger partial charge in [-0.2, -0.15) is 0 Å². The van der Waals surface area contributed by atoms with Crippen LogP contribution in [0.3, 0.4) is 0 Å². The molecule has 4 nitrogen and oxygen atoms in total. The molecule has 2 amide bonds. The van der Waals surface area contributed by atoms with E-state index in [2.05, 4.69) is 8.73 Å². The predicted octanol–water partition coefficient (Wildman–Crippen LogP) is 2.09. The Morgan fingerprint density at radius 1 is 1.00 bits per heavy atom. The highest BCUT2D eigenvalue weighted by Crippen LogP contribution is 1.91. The van der Waals surface area contributed by atoms with Crippen LogP contribution in [0.15, 0.2) is 8.73 Å². The molecule has 0 bridgehead atoms. The highest BCUT2D eigenvalue weighted by Gasteiger charge is 1.95. The van der Waals surface area contributed by atoms with Gasteiger partial charge in [0.15, 0.2) is 0 Å². The van der Waals surface area contributed by atoms with Crippen molar-refractivity contribution in [2.45, 2.75) is 39.5 Å². The average molecular weight is 202 g/mol. The van der Waals surface area contributed by atoms with Crippen LogP contribution >= 0.6 is 0 Å². The molecule has 0 aromatic heterocycles. The SMILES string of the molecule is CCCC(=O)N=S=NC(=O)CCC. The molecule has 0 rings (SSSR count). The molecule has 0 aliphatic heterocycles. The van der Waals surface area contributed by atoms with E-state index in [0.717, 1.165) is 12.8 Å². The Morgan fingerprint density at radius 3 is 1.69 bits per heavy atom. The van der Waals surface area contributed by atoms with Crippen LogP contribution in [0.1, 0.15) is 39.5 Å². The fourth-order valence-electron chi connectivity index (χ4n) is 0.630. The van der Waals surface area contributed by atoms with E-state index in [1.807, 2.05) is 13.8 Å². The fourth-order valence-corrected chi connectivity index (χ4v) is 1.04. The van der Waals surface area contributed by atoms with Crippen LogP contribution in [-0.4, -0.2) is 11.8 Å². The summed E-state index contributed by atoms with van der Waals surface area (Å²) in [5.74, 6) is -0.416. The highest BCUT2D eigenvalue weighted by atomic mass is 32.1. The number of rotatable bonds is 4. The van der Waals surface area contributed by atoms with Gasteiger partial charge in [-0.25, -0.2) is 0 Å². The fraction of sp³-hybridized carbons (Fsp3) is 0.750. The smallest absolute Gasteiger partial charge is 0.257 e. The van der Waals surface area contributed by atoms with Crippen molar-refractivity contribution in [1.82, 2.24) is 0 Å².